The van der Waals surface area contributed by atoms with Gasteiger partial charge in [-0.1, -0.05) is 15.9 Å². The van der Waals surface area contributed by atoms with Crippen molar-refractivity contribution in [2.45, 2.75) is 6.18 Å². The van der Waals surface area contributed by atoms with Crippen LogP contribution < -0.4 is 10.0 Å². The number of carbonyl (C=O) groups excluding carboxylic acids is 1. The summed E-state index contributed by atoms with van der Waals surface area (Å²) in [6, 6.07) is 6.50. The van der Waals surface area contributed by atoms with Crippen LogP contribution in [0.3, 0.4) is 0 Å². The fourth-order valence-electron chi connectivity index (χ4n) is 2.39. The second-order valence-corrected chi connectivity index (χ2v) is 8.80. The maximum atomic E-state index is 12.6. The molecule has 0 aliphatic carbocycles. The molecular formula is C17H13BrF3N5O3S. The number of amides is 1. The Morgan fingerprint density at radius 1 is 1.13 bits per heavy atom. The Kier molecular flexibility index (Phi) is 5.85. The molecule has 158 valence electrons. The van der Waals surface area contributed by atoms with Crippen LogP contribution in [0.15, 0.2) is 53.4 Å². The van der Waals surface area contributed by atoms with Crippen molar-refractivity contribution in [2.24, 2.45) is 0 Å². The van der Waals surface area contributed by atoms with E-state index in [1.54, 1.807) is 6.07 Å². The Morgan fingerprint density at radius 2 is 1.83 bits per heavy atom. The third kappa shape index (κ3) is 5.57. The second-order valence-electron chi connectivity index (χ2n) is 6.13. The number of benzene rings is 1. The molecule has 8 nitrogen and oxygen atoms in total. The molecule has 0 unspecified atom stereocenters. The Balaban J connectivity index is 1.77. The number of alkyl halides is 3. The summed E-state index contributed by atoms with van der Waals surface area (Å²) in [4.78, 5) is 16.2. The van der Waals surface area contributed by atoms with Gasteiger partial charge in [-0.25, -0.2) is 18.1 Å². The molecular weight excluding hydrogens is 491 g/mol. The molecule has 2 heterocycles. The van der Waals surface area contributed by atoms with Crippen LogP contribution in [0.2, 0.25) is 0 Å². The van der Waals surface area contributed by atoms with Crippen molar-refractivity contribution in [3.63, 3.8) is 0 Å². The van der Waals surface area contributed by atoms with Crippen LogP contribution in [0.25, 0.3) is 5.82 Å². The molecule has 0 radical (unpaired) electrons. The Labute approximate surface area is 177 Å². The van der Waals surface area contributed by atoms with E-state index in [1.165, 1.54) is 24.5 Å². The summed E-state index contributed by atoms with van der Waals surface area (Å²) in [5.74, 6) is -0.458. The normalized spacial score (nSPS) is 11.9. The Hall–Kier alpha value is -2.93. The van der Waals surface area contributed by atoms with E-state index < -0.39 is 27.7 Å². The van der Waals surface area contributed by atoms with Crippen LogP contribution in [0.4, 0.5) is 24.5 Å². The minimum atomic E-state index is -4.50. The van der Waals surface area contributed by atoms with Gasteiger partial charge in [0.25, 0.3) is 5.91 Å². The number of hydrogen-bond acceptors (Lipinski definition) is 5. The van der Waals surface area contributed by atoms with Gasteiger partial charge in [0.2, 0.25) is 10.0 Å². The highest BCUT2D eigenvalue weighted by atomic mass is 79.9. The monoisotopic (exact) mass is 503 g/mol. The molecule has 30 heavy (non-hydrogen) atoms. The molecule has 0 fully saturated rings. The van der Waals surface area contributed by atoms with Crippen molar-refractivity contribution in [3.05, 3.63) is 64.5 Å². The van der Waals surface area contributed by atoms with Gasteiger partial charge in [-0.3, -0.25) is 9.52 Å². The van der Waals surface area contributed by atoms with Crippen molar-refractivity contribution >= 4 is 43.2 Å². The van der Waals surface area contributed by atoms with Gasteiger partial charge >= 0.3 is 6.18 Å². The van der Waals surface area contributed by atoms with Gasteiger partial charge in [-0.05, 0) is 30.3 Å². The molecule has 0 bridgehead atoms. The van der Waals surface area contributed by atoms with Gasteiger partial charge in [-0.2, -0.15) is 18.3 Å². The first kappa shape index (κ1) is 21.8. The SMILES string of the molecule is CS(=O)(=O)Nc1cc(Br)cc(NC(=O)c2cnn(-c3ccc(C(F)(F)F)cn3)c2)c1. The number of nitrogens with one attached hydrogen (secondary N) is 2. The lowest BCUT2D eigenvalue weighted by Gasteiger charge is -2.09. The highest BCUT2D eigenvalue weighted by Gasteiger charge is 2.30. The van der Waals surface area contributed by atoms with E-state index in [-0.39, 0.29) is 17.1 Å². The molecule has 2 aromatic heterocycles. The summed E-state index contributed by atoms with van der Waals surface area (Å²) in [6.45, 7) is 0. The number of anilines is 2. The van der Waals surface area contributed by atoms with E-state index in [2.05, 4.69) is 36.1 Å². The lowest BCUT2D eigenvalue weighted by molar-refractivity contribution is -0.137. The van der Waals surface area contributed by atoms with E-state index >= 15 is 0 Å². The number of sulfonamides is 1. The standard InChI is InChI=1S/C17H13BrF3N5O3S/c1-30(28,29)25-14-5-12(18)4-13(6-14)24-16(27)10-7-23-26(9-10)15-3-2-11(8-22-15)17(19,20)21/h2-9,25H,1H3,(H,24,27). The largest absolute Gasteiger partial charge is 0.417 e. The van der Waals surface area contributed by atoms with Gasteiger partial charge in [-0.15, -0.1) is 0 Å². The average molecular weight is 504 g/mol. The minimum Gasteiger partial charge on any atom is -0.322 e. The molecule has 0 saturated carbocycles. The summed E-state index contributed by atoms with van der Waals surface area (Å²) < 4.78 is 64.7. The zero-order valence-corrected chi connectivity index (χ0v) is 17.5. The van der Waals surface area contributed by atoms with Crippen LogP contribution in [-0.4, -0.2) is 35.3 Å². The molecule has 0 aliphatic heterocycles. The molecule has 3 aromatic rings. The summed E-state index contributed by atoms with van der Waals surface area (Å²) in [7, 11) is -3.51. The number of pyridine rings is 1. The predicted octanol–water partition coefficient (Wildman–Crippen LogP) is 3.67. The van der Waals surface area contributed by atoms with Gasteiger partial charge in [0.1, 0.15) is 0 Å². The zero-order valence-electron chi connectivity index (χ0n) is 15.1. The zero-order chi connectivity index (χ0) is 22.1. The fraction of sp³-hybridized carbons (Fsp3) is 0.118. The Morgan fingerprint density at radius 3 is 2.43 bits per heavy atom. The number of nitrogens with zero attached hydrogens (tertiary/aromatic N) is 3. The number of carbonyl (C=O) groups is 1. The van der Waals surface area contributed by atoms with Crippen LogP contribution >= 0.6 is 15.9 Å². The number of aromatic nitrogens is 3. The van der Waals surface area contributed by atoms with E-state index in [0.717, 1.165) is 23.1 Å². The summed E-state index contributed by atoms with van der Waals surface area (Å²) in [6.07, 6.45) is -0.305. The molecule has 0 aliphatic rings. The predicted molar refractivity (Wildman–Crippen MR) is 107 cm³/mol. The smallest absolute Gasteiger partial charge is 0.322 e. The van der Waals surface area contributed by atoms with E-state index in [1.807, 2.05) is 0 Å². The summed E-state index contributed by atoms with van der Waals surface area (Å²) in [5.41, 5.74) is -0.230. The van der Waals surface area contributed by atoms with Crippen molar-refractivity contribution in [2.75, 3.05) is 16.3 Å². The minimum absolute atomic E-state index is 0.101. The van der Waals surface area contributed by atoms with Crippen molar-refractivity contribution in [3.8, 4) is 5.82 Å². The lowest BCUT2D eigenvalue weighted by Crippen LogP contribution is -2.13. The molecule has 0 saturated heterocycles. The number of hydrogen-bond donors (Lipinski definition) is 2. The van der Waals surface area contributed by atoms with Crippen molar-refractivity contribution in [1.29, 1.82) is 0 Å². The molecule has 1 aromatic carbocycles. The number of halogens is 4. The molecule has 3 rings (SSSR count). The first-order valence-corrected chi connectivity index (χ1v) is 10.8. The van der Waals surface area contributed by atoms with Crippen molar-refractivity contribution < 1.29 is 26.4 Å². The number of rotatable bonds is 5. The van der Waals surface area contributed by atoms with E-state index in [0.29, 0.717) is 16.4 Å². The molecule has 2 N–H and O–H groups in total. The third-order valence-electron chi connectivity index (χ3n) is 3.61. The fourth-order valence-corrected chi connectivity index (χ4v) is 3.43. The molecule has 0 atom stereocenters. The average Bonchev–Trinajstić information content (AvgIpc) is 3.09. The summed E-state index contributed by atoms with van der Waals surface area (Å²) >= 11 is 3.23. The van der Waals surface area contributed by atoms with Gasteiger partial charge in [0.15, 0.2) is 5.82 Å². The molecule has 1 amide bonds. The first-order chi connectivity index (χ1) is 13.9. The topological polar surface area (TPSA) is 106 Å². The van der Waals surface area contributed by atoms with E-state index in [4.69, 9.17) is 0 Å². The second kappa shape index (κ2) is 8.07. The van der Waals surface area contributed by atoms with Gasteiger partial charge < -0.3 is 5.32 Å². The molecule has 0 spiro atoms. The van der Waals surface area contributed by atoms with Gasteiger partial charge in [0.05, 0.1) is 29.3 Å². The van der Waals surface area contributed by atoms with Crippen LogP contribution in [0.1, 0.15) is 15.9 Å². The van der Waals surface area contributed by atoms with Crippen LogP contribution in [-0.2, 0) is 16.2 Å². The van der Waals surface area contributed by atoms with Crippen LogP contribution in [0.5, 0.6) is 0 Å². The maximum Gasteiger partial charge on any atom is 0.417 e. The summed E-state index contributed by atoms with van der Waals surface area (Å²) in [5, 5.41) is 6.53. The quantitative estimate of drug-likeness (QED) is 0.552. The highest BCUT2D eigenvalue weighted by molar-refractivity contribution is 9.10. The third-order valence-corrected chi connectivity index (χ3v) is 4.68. The lowest BCUT2D eigenvalue weighted by atomic mass is 10.2. The van der Waals surface area contributed by atoms with Gasteiger partial charge in [0, 0.05) is 22.6 Å². The van der Waals surface area contributed by atoms with E-state index in [9.17, 15) is 26.4 Å². The first-order valence-electron chi connectivity index (χ1n) is 8.09. The highest BCUT2D eigenvalue weighted by Crippen LogP contribution is 2.28. The maximum absolute atomic E-state index is 12.6. The van der Waals surface area contributed by atoms with Crippen molar-refractivity contribution in [1.82, 2.24) is 14.8 Å². The van der Waals surface area contributed by atoms with Crippen LogP contribution in [0, 0.1) is 0 Å². The molecule has 13 heteroatoms. The Bertz CT molecular complexity index is 1190.